The van der Waals surface area contributed by atoms with Crippen LogP contribution in [0.15, 0.2) is 36.4 Å². The van der Waals surface area contributed by atoms with E-state index in [-0.39, 0.29) is 5.82 Å². The quantitative estimate of drug-likeness (QED) is 0.688. The van der Waals surface area contributed by atoms with Crippen LogP contribution in [0.1, 0.15) is 5.56 Å². The van der Waals surface area contributed by atoms with Crippen molar-refractivity contribution in [3.63, 3.8) is 0 Å². The second-order valence-corrected chi connectivity index (χ2v) is 6.42. The summed E-state index contributed by atoms with van der Waals surface area (Å²) in [6, 6.07) is 10.1. The molecule has 0 spiro atoms. The number of benzene rings is 2. The van der Waals surface area contributed by atoms with Crippen molar-refractivity contribution >= 4 is 49.9 Å². The van der Waals surface area contributed by atoms with Crippen LogP contribution in [0, 0.1) is 5.82 Å². The lowest BCUT2D eigenvalue weighted by Gasteiger charge is -2.05. The molecule has 0 aliphatic carbocycles. The summed E-state index contributed by atoms with van der Waals surface area (Å²) in [5.74, 6) is -0.271. The molecule has 0 bridgehead atoms. The molecule has 0 aliphatic rings. The van der Waals surface area contributed by atoms with Crippen LogP contribution in [0.5, 0.6) is 0 Å². The van der Waals surface area contributed by atoms with Crippen molar-refractivity contribution in [2.75, 3.05) is 11.9 Å². The topological polar surface area (TPSA) is 24.9 Å². The highest BCUT2D eigenvalue weighted by atomic mass is 35.5. The first-order valence-electron chi connectivity index (χ1n) is 6.36. The molecule has 1 aromatic heterocycles. The van der Waals surface area contributed by atoms with Gasteiger partial charge in [0.1, 0.15) is 5.82 Å². The molecule has 0 unspecified atom stereocenters. The monoisotopic (exact) mass is 340 g/mol. The highest BCUT2D eigenvalue weighted by Gasteiger charge is 2.05. The van der Waals surface area contributed by atoms with Crippen LogP contribution in [-0.4, -0.2) is 11.5 Å². The van der Waals surface area contributed by atoms with Gasteiger partial charge < -0.3 is 5.32 Å². The van der Waals surface area contributed by atoms with Gasteiger partial charge in [-0.1, -0.05) is 40.6 Å². The van der Waals surface area contributed by atoms with Crippen LogP contribution in [-0.2, 0) is 6.42 Å². The second-order valence-electron chi connectivity index (χ2n) is 4.54. The molecule has 108 valence electrons. The molecule has 0 radical (unpaired) electrons. The summed E-state index contributed by atoms with van der Waals surface area (Å²) < 4.78 is 14.1. The Kier molecular flexibility index (Phi) is 4.29. The zero-order valence-corrected chi connectivity index (χ0v) is 13.2. The molecule has 21 heavy (non-hydrogen) atoms. The summed E-state index contributed by atoms with van der Waals surface area (Å²) >= 11 is 13.5. The summed E-state index contributed by atoms with van der Waals surface area (Å²) in [7, 11) is 0. The van der Waals surface area contributed by atoms with E-state index >= 15 is 0 Å². The summed E-state index contributed by atoms with van der Waals surface area (Å²) in [6.45, 7) is 0.698. The third-order valence-corrected chi connectivity index (χ3v) is 4.62. The third kappa shape index (κ3) is 3.46. The second kappa shape index (κ2) is 6.18. The van der Waals surface area contributed by atoms with Crippen LogP contribution in [0.2, 0.25) is 10.0 Å². The fraction of sp³-hybridized carbons (Fsp3) is 0.133. The Hall–Kier alpha value is -1.36. The maximum Gasteiger partial charge on any atom is 0.183 e. The Bertz CT molecular complexity index is 788. The molecule has 3 rings (SSSR count). The summed E-state index contributed by atoms with van der Waals surface area (Å²) in [4.78, 5) is 4.35. The number of halogens is 3. The smallest absolute Gasteiger partial charge is 0.183 e. The normalized spacial score (nSPS) is 11.0. The number of hydrogen-bond acceptors (Lipinski definition) is 3. The van der Waals surface area contributed by atoms with Gasteiger partial charge in [0.2, 0.25) is 0 Å². The molecular formula is C15H11Cl2FN2S. The van der Waals surface area contributed by atoms with Crippen molar-refractivity contribution in [3.8, 4) is 0 Å². The van der Waals surface area contributed by atoms with E-state index in [2.05, 4.69) is 10.3 Å². The number of fused-ring (bicyclic) bond motifs is 1. The van der Waals surface area contributed by atoms with Gasteiger partial charge in [-0.2, -0.15) is 0 Å². The molecule has 1 N–H and O–H groups in total. The SMILES string of the molecule is Fc1ccc2sc(NCCc3ccc(Cl)cc3Cl)nc2c1. The van der Waals surface area contributed by atoms with Crippen LogP contribution >= 0.6 is 34.5 Å². The standard InChI is InChI=1S/C15H11Cl2FN2S/c16-10-2-1-9(12(17)7-10)5-6-19-15-20-13-8-11(18)3-4-14(13)21-15/h1-4,7-8H,5-6H2,(H,19,20). The zero-order valence-electron chi connectivity index (χ0n) is 10.9. The predicted molar refractivity (Wildman–Crippen MR) is 88.2 cm³/mol. The Morgan fingerprint density at radius 1 is 1.14 bits per heavy atom. The molecule has 6 heteroatoms. The van der Waals surface area contributed by atoms with Crippen LogP contribution < -0.4 is 5.32 Å². The first kappa shape index (κ1) is 14.6. The van der Waals surface area contributed by atoms with E-state index in [0.29, 0.717) is 22.1 Å². The zero-order chi connectivity index (χ0) is 14.8. The molecule has 1 heterocycles. The molecule has 0 atom stereocenters. The van der Waals surface area contributed by atoms with E-state index < -0.39 is 0 Å². The van der Waals surface area contributed by atoms with Gasteiger partial charge in [-0.3, -0.25) is 0 Å². The van der Waals surface area contributed by atoms with Crippen molar-refractivity contribution in [2.24, 2.45) is 0 Å². The molecule has 0 amide bonds. The van der Waals surface area contributed by atoms with Gasteiger partial charge in [-0.25, -0.2) is 9.37 Å². The van der Waals surface area contributed by atoms with E-state index in [0.717, 1.165) is 21.8 Å². The lowest BCUT2D eigenvalue weighted by molar-refractivity contribution is 0.629. The van der Waals surface area contributed by atoms with Crippen LogP contribution in [0.4, 0.5) is 9.52 Å². The van der Waals surface area contributed by atoms with Gasteiger partial charge in [0, 0.05) is 22.7 Å². The number of aromatic nitrogens is 1. The molecule has 2 nitrogen and oxygen atoms in total. The summed E-state index contributed by atoms with van der Waals surface area (Å²) in [6.07, 6.45) is 0.764. The third-order valence-electron chi connectivity index (χ3n) is 3.04. The van der Waals surface area contributed by atoms with Crippen molar-refractivity contribution in [3.05, 3.63) is 57.8 Å². The van der Waals surface area contributed by atoms with Gasteiger partial charge in [0.25, 0.3) is 0 Å². The van der Waals surface area contributed by atoms with Crippen molar-refractivity contribution in [1.29, 1.82) is 0 Å². The summed E-state index contributed by atoms with van der Waals surface area (Å²) in [5.41, 5.74) is 1.70. The molecule has 2 aromatic carbocycles. The van der Waals surface area contributed by atoms with Gasteiger partial charge in [0.05, 0.1) is 10.2 Å². The lowest BCUT2D eigenvalue weighted by Crippen LogP contribution is -2.04. The van der Waals surface area contributed by atoms with Crippen molar-refractivity contribution < 1.29 is 4.39 Å². The number of nitrogens with one attached hydrogen (secondary N) is 1. The maximum atomic E-state index is 13.1. The van der Waals surface area contributed by atoms with Gasteiger partial charge in [-0.05, 0) is 36.2 Å². The predicted octanol–water partition coefficient (Wildman–Crippen LogP) is 5.40. The first-order chi connectivity index (χ1) is 10.1. The lowest BCUT2D eigenvalue weighted by atomic mass is 10.1. The molecule has 0 fully saturated rings. The van der Waals surface area contributed by atoms with Crippen molar-refractivity contribution in [2.45, 2.75) is 6.42 Å². The Morgan fingerprint density at radius 2 is 2.00 bits per heavy atom. The Morgan fingerprint density at radius 3 is 2.81 bits per heavy atom. The summed E-state index contributed by atoms with van der Waals surface area (Å²) in [5, 5.41) is 5.31. The van der Waals surface area contributed by atoms with Crippen LogP contribution in [0.3, 0.4) is 0 Å². The fourth-order valence-electron chi connectivity index (χ4n) is 2.00. The Labute approximate surface area is 135 Å². The maximum absolute atomic E-state index is 13.1. The minimum atomic E-state index is -0.271. The first-order valence-corrected chi connectivity index (χ1v) is 7.93. The molecule has 0 aliphatic heterocycles. The minimum Gasteiger partial charge on any atom is -0.361 e. The Balaban J connectivity index is 1.66. The van der Waals surface area contributed by atoms with Gasteiger partial charge in [0.15, 0.2) is 5.13 Å². The van der Waals surface area contributed by atoms with Crippen molar-refractivity contribution in [1.82, 2.24) is 4.98 Å². The van der Waals surface area contributed by atoms with E-state index in [1.165, 1.54) is 23.5 Å². The average molecular weight is 341 g/mol. The van der Waals surface area contributed by atoms with Gasteiger partial charge >= 0.3 is 0 Å². The van der Waals surface area contributed by atoms with E-state index in [1.54, 1.807) is 12.1 Å². The molecule has 0 saturated carbocycles. The number of nitrogens with zero attached hydrogens (tertiary/aromatic N) is 1. The minimum absolute atomic E-state index is 0.271. The highest BCUT2D eigenvalue weighted by molar-refractivity contribution is 7.22. The van der Waals surface area contributed by atoms with E-state index in [1.807, 2.05) is 12.1 Å². The highest BCUT2D eigenvalue weighted by Crippen LogP contribution is 2.26. The molecule has 0 saturated heterocycles. The van der Waals surface area contributed by atoms with E-state index in [4.69, 9.17) is 23.2 Å². The van der Waals surface area contributed by atoms with E-state index in [9.17, 15) is 4.39 Å². The number of anilines is 1. The molecule has 3 aromatic rings. The molecular weight excluding hydrogens is 330 g/mol. The van der Waals surface area contributed by atoms with Crippen LogP contribution in [0.25, 0.3) is 10.2 Å². The van der Waals surface area contributed by atoms with Gasteiger partial charge in [-0.15, -0.1) is 0 Å². The number of thiazole rings is 1. The number of hydrogen-bond donors (Lipinski definition) is 1. The number of rotatable bonds is 4. The average Bonchev–Trinajstić information content (AvgIpc) is 2.83. The fourth-order valence-corrected chi connectivity index (χ4v) is 3.38. The largest absolute Gasteiger partial charge is 0.361 e.